The molecule has 1 saturated heterocycles. The smallest absolute Gasteiger partial charge is 0.352 e. The Morgan fingerprint density at radius 2 is 2.00 bits per heavy atom. The van der Waals surface area contributed by atoms with Crippen LogP contribution in [0, 0.1) is 6.92 Å². The Labute approximate surface area is 195 Å². The molecule has 2 rings (SSSR count). The van der Waals surface area contributed by atoms with Crippen LogP contribution >= 0.6 is 45.9 Å². The second-order valence-electron chi connectivity index (χ2n) is 6.61. The fourth-order valence-corrected chi connectivity index (χ4v) is 6.96. The fourth-order valence-electron chi connectivity index (χ4n) is 2.59. The molecule has 1 aromatic heterocycles. The van der Waals surface area contributed by atoms with Gasteiger partial charge in [-0.25, -0.2) is 9.11 Å². The summed E-state index contributed by atoms with van der Waals surface area (Å²) in [6, 6.07) is -1.02. The largest absolute Gasteiger partial charge is 0.383 e. The Morgan fingerprint density at radius 1 is 1.39 bits per heavy atom. The minimum atomic E-state index is -5.75. The first-order valence-electron chi connectivity index (χ1n) is 8.44. The van der Waals surface area contributed by atoms with Gasteiger partial charge in [0.1, 0.15) is 6.23 Å². The third-order valence-electron chi connectivity index (χ3n) is 4.19. The Balaban J connectivity index is 2.19. The highest BCUT2D eigenvalue weighted by atomic mass is 35.5. The number of H-pyrrole nitrogens is 1. The van der Waals surface area contributed by atoms with E-state index < -0.39 is 62.7 Å². The number of halogens is 2. The Bertz CT molecular complexity index is 1230. The number of aryl methyl sites for hydroxylation is 1. The van der Waals surface area contributed by atoms with Crippen molar-refractivity contribution >= 4 is 53.4 Å². The summed E-state index contributed by atoms with van der Waals surface area (Å²) in [5, 5.41) is 3.46. The summed E-state index contributed by atoms with van der Waals surface area (Å²) in [5.41, 5.74) is 7.47. The predicted octanol–water partition coefficient (Wildman–Crippen LogP) is 1.57. The number of hydrogen-bond donors (Lipinski definition) is 4. The third kappa shape index (κ3) is 6.40. The molecule has 0 aromatic carbocycles. The molecule has 0 aliphatic carbocycles. The van der Waals surface area contributed by atoms with Crippen molar-refractivity contribution in [2.45, 2.75) is 35.5 Å². The summed E-state index contributed by atoms with van der Waals surface area (Å²) >= 11 is 10.4. The van der Waals surface area contributed by atoms with E-state index in [9.17, 15) is 28.2 Å². The van der Waals surface area contributed by atoms with Crippen molar-refractivity contribution < 1.29 is 41.9 Å². The van der Waals surface area contributed by atoms with Crippen molar-refractivity contribution in [3.05, 3.63) is 43.0 Å². The molecule has 0 spiro atoms. The van der Waals surface area contributed by atoms with Gasteiger partial charge in [-0.15, -0.1) is 0 Å². The van der Waals surface area contributed by atoms with Crippen LogP contribution in [0.25, 0.3) is 10.4 Å². The van der Waals surface area contributed by atoms with Crippen molar-refractivity contribution in [3.8, 4) is 0 Å². The topological polar surface area (TPSA) is 243 Å². The summed E-state index contributed by atoms with van der Waals surface area (Å²) in [7, 11) is -11.3. The van der Waals surface area contributed by atoms with Crippen molar-refractivity contribution in [1.82, 2.24) is 9.55 Å². The summed E-state index contributed by atoms with van der Waals surface area (Å²) < 4.78 is 47.3. The van der Waals surface area contributed by atoms with Gasteiger partial charge in [-0.1, -0.05) is 28.3 Å². The molecule has 1 fully saturated rings. The average Bonchev–Trinajstić information content (AvgIpc) is 3.04. The summed E-state index contributed by atoms with van der Waals surface area (Å²) in [5.74, 6) is 0. The molecule has 5 atom stereocenters. The molecule has 0 saturated carbocycles. The van der Waals surface area contributed by atoms with Crippen molar-refractivity contribution in [2.75, 3.05) is 6.61 Å². The van der Waals surface area contributed by atoms with E-state index in [1.807, 2.05) is 0 Å². The lowest BCUT2D eigenvalue weighted by Gasteiger charge is -2.28. The molecule has 2 heterocycles. The summed E-state index contributed by atoms with van der Waals surface area (Å²) in [6.07, 6.45) is -1.18. The molecule has 0 bridgehead atoms. The summed E-state index contributed by atoms with van der Waals surface area (Å²) in [6.45, 7) is 0.633. The number of aromatic amines is 1. The monoisotopic (exact) mass is 567 g/mol. The van der Waals surface area contributed by atoms with Gasteiger partial charge in [-0.05, 0) is 12.5 Å². The minimum Gasteiger partial charge on any atom is -0.352 e. The van der Waals surface area contributed by atoms with E-state index in [2.05, 4.69) is 19.3 Å². The van der Waals surface area contributed by atoms with Crippen LogP contribution in [0.1, 0.15) is 18.2 Å². The molecule has 182 valence electrons. The SMILES string of the molecule is [B]P(=O)(OC[C@@H]1O[C@H](n2cc(C)c(=O)[nH]c2=O)C[C@H]1N=[N+]=[N-])OP(=O)(O)C(Cl)(Cl)P(=O)(O)O. The first kappa shape index (κ1) is 28.3. The maximum atomic E-state index is 12.3. The Morgan fingerprint density at radius 3 is 2.55 bits per heavy atom. The van der Waals surface area contributed by atoms with Crippen LogP contribution in [0.4, 0.5) is 0 Å². The molecule has 33 heavy (non-hydrogen) atoms. The summed E-state index contributed by atoms with van der Waals surface area (Å²) in [4.78, 5) is 56.0. The average molecular weight is 568 g/mol. The number of hydrogen-bond acceptors (Lipinski definition) is 9. The van der Waals surface area contributed by atoms with E-state index in [1.54, 1.807) is 0 Å². The molecule has 2 radical (unpaired) electrons. The fraction of sp³-hybridized carbons (Fsp3) is 0.636. The molecule has 0 amide bonds. The van der Waals surface area contributed by atoms with Crippen LogP contribution in [0.15, 0.2) is 20.9 Å². The number of alkyl halides is 2. The van der Waals surface area contributed by atoms with Gasteiger partial charge in [0.2, 0.25) is 7.57 Å². The van der Waals surface area contributed by atoms with Crippen LogP contribution in [0.5, 0.6) is 0 Å². The van der Waals surface area contributed by atoms with Gasteiger partial charge in [-0.3, -0.25) is 28.0 Å². The van der Waals surface area contributed by atoms with Gasteiger partial charge in [0.05, 0.1) is 18.8 Å². The van der Waals surface area contributed by atoms with Gasteiger partial charge in [0, 0.05) is 23.1 Å². The zero-order valence-corrected chi connectivity index (χ0v) is 20.5. The molecule has 1 aromatic rings. The highest BCUT2D eigenvalue weighted by molar-refractivity contribution is 7.88. The highest BCUT2D eigenvalue weighted by Gasteiger charge is 2.61. The maximum absolute atomic E-state index is 12.3. The second-order valence-corrected chi connectivity index (χ2v) is 14.8. The molecular weight excluding hydrogens is 553 g/mol. The van der Waals surface area contributed by atoms with Gasteiger partial charge in [0.15, 0.2) is 0 Å². The molecule has 2 unspecified atom stereocenters. The van der Waals surface area contributed by atoms with Crippen molar-refractivity contribution in [1.29, 1.82) is 0 Å². The third-order valence-corrected chi connectivity index (χ3v) is 12.0. The molecule has 22 heteroatoms. The van der Waals surface area contributed by atoms with Crippen LogP contribution in [0.2, 0.25) is 0 Å². The lowest BCUT2D eigenvalue weighted by molar-refractivity contribution is -0.0230. The van der Waals surface area contributed by atoms with Crippen LogP contribution < -0.4 is 11.2 Å². The normalized spacial score (nSPS) is 25.1. The zero-order chi connectivity index (χ0) is 25.4. The molecule has 1 aliphatic rings. The van der Waals surface area contributed by atoms with Gasteiger partial charge < -0.3 is 23.9 Å². The van der Waals surface area contributed by atoms with Crippen LogP contribution in [-0.2, 0) is 27.3 Å². The number of nitrogens with zero attached hydrogens (tertiary/aromatic N) is 4. The van der Waals surface area contributed by atoms with Crippen LogP contribution in [-0.4, -0.2) is 54.4 Å². The molecule has 4 N–H and O–H groups in total. The number of rotatable bonds is 9. The molecule has 1 aliphatic heterocycles. The second kappa shape index (κ2) is 9.98. The first-order chi connectivity index (χ1) is 14.9. The lowest BCUT2D eigenvalue weighted by atomic mass is 10.1. The van der Waals surface area contributed by atoms with E-state index in [0.29, 0.717) is 0 Å². The number of ether oxygens (including phenoxy) is 1. The van der Waals surface area contributed by atoms with E-state index in [4.69, 9.17) is 55.3 Å². The van der Waals surface area contributed by atoms with Gasteiger partial charge in [-0.2, -0.15) is 0 Å². The Kier molecular flexibility index (Phi) is 8.57. The minimum absolute atomic E-state index is 0.0949. The molecule has 16 nitrogen and oxygen atoms in total. The Hall–Kier alpha value is -0.915. The number of aromatic nitrogens is 2. The van der Waals surface area contributed by atoms with Crippen molar-refractivity contribution in [2.24, 2.45) is 5.11 Å². The number of nitrogens with one attached hydrogen (secondary N) is 1. The predicted molar refractivity (Wildman–Crippen MR) is 114 cm³/mol. The number of azide groups is 1. The highest BCUT2D eigenvalue weighted by Crippen LogP contribution is 2.79. The van der Waals surface area contributed by atoms with Gasteiger partial charge in [0.25, 0.3) is 13.0 Å². The van der Waals surface area contributed by atoms with E-state index in [0.717, 1.165) is 4.57 Å². The molecular formula is C11H15BCl2N5O11P3. The van der Waals surface area contributed by atoms with Crippen molar-refractivity contribution in [3.63, 3.8) is 0 Å². The zero-order valence-electron chi connectivity index (χ0n) is 16.3. The van der Waals surface area contributed by atoms with Crippen LogP contribution in [0.3, 0.4) is 0 Å². The quantitative estimate of drug-likeness (QED) is 0.0832. The van der Waals surface area contributed by atoms with Gasteiger partial charge >= 0.3 is 24.7 Å². The van der Waals surface area contributed by atoms with E-state index >= 15 is 0 Å². The standard InChI is InChI=1S/C11H15BCl2N5O11P3/c1-5-3-19(10(21)16-9(5)20)8-2-6(17-18-15)7(29-8)4-28-33(12,27)30-32(25,26)11(13,14)31(22,23)24/h3,6-8H,2,4H2,1H3,(H,25,26)(H,16,20,21)(H2,22,23,24)/t6-,7+,8+,33?/m1/s1. The van der Waals surface area contributed by atoms with E-state index in [-0.39, 0.29) is 12.0 Å². The van der Waals surface area contributed by atoms with E-state index in [1.165, 1.54) is 13.1 Å². The lowest BCUT2D eigenvalue weighted by Crippen LogP contribution is -2.33. The first-order valence-corrected chi connectivity index (χ1v) is 14.0. The maximum Gasteiger partial charge on any atom is 0.383 e.